The lowest BCUT2D eigenvalue weighted by atomic mass is 10.1. The standard InChI is InChI=1S/C14H18N2O/c1-5-9-16(4)13(17)10-15-14-11(2)7-6-8-12(14)3/h1,6-8,15H,9-10H2,2-4H3. The van der Waals surface area contributed by atoms with Crippen molar-refractivity contribution in [2.24, 2.45) is 0 Å². The van der Waals surface area contributed by atoms with Crippen molar-refractivity contribution in [1.82, 2.24) is 4.90 Å². The van der Waals surface area contributed by atoms with Gasteiger partial charge in [-0.15, -0.1) is 6.42 Å². The Morgan fingerprint density at radius 2 is 2.00 bits per heavy atom. The van der Waals surface area contributed by atoms with E-state index in [9.17, 15) is 4.79 Å². The molecule has 90 valence electrons. The van der Waals surface area contributed by atoms with Crippen LogP contribution in [0.4, 0.5) is 5.69 Å². The number of likely N-dealkylation sites (N-methyl/N-ethyl adjacent to an activating group) is 1. The average molecular weight is 230 g/mol. The van der Waals surface area contributed by atoms with E-state index in [4.69, 9.17) is 6.42 Å². The monoisotopic (exact) mass is 230 g/mol. The van der Waals surface area contributed by atoms with Gasteiger partial charge in [-0.05, 0) is 25.0 Å². The van der Waals surface area contributed by atoms with Crippen LogP contribution in [-0.2, 0) is 4.79 Å². The maximum atomic E-state index is 11.7. The molecule has 0 aliphatic rings. The molecule has 0 radical (unpaired) electrons. The van der Waals surface area contributed by atoms with Gasteiger partial charge in [-0.25, -0.2) is 0 Å². The van der Waals surface area contributed by atoms with Crippen molar-refractivity contribution >= 4 is 11.6 Å². The fourth-order valence-corrected chi connectivity index (χ4v) is 1.62. The highest BCUT2D eigenvalue weighted by atomic mass is 16.2. The van der Waals surface area contributed by atoms with Gasteiger partial charge in [0, 0.05) is 12.7 Å². The van der Waals surface area contributed by atoms with E-state index in [2.05, 4.69) is 11.2 Å². The van der Waals surface area contributed by atoms with Gasteiger partial charge in [-0.2, -0.15) is 0 Å². The third-order valence-corrected chi connectivity index (χ3v) is 2.65. The summed E-state index contributed by atoms with van der Waals surface area (Å²) in [5.41, 5.74) is 3.30. The zero-order valence-electron chi connectivity index (χ0n) is 10.6. The zero-order valence-corrected chi connectivity index (χ0v) is 10.6. The van der Waals surface area contributed by atoms with Crippen LogP contribution < -0.4 is 5.32 Å². The molecule has 0 aromatic heterocycles. The average Bonchev–Trinajstić information content (AvgIpc) is 2.28. The molecule has 1 amide bonds. The van der Waals surface area contributed by atoms with Gasteiger partial charge in [0.2, 0.25) is 5.91 Å². The van der Waals surface area contributed by atoms with E-state index in [0.717, 1.165) is 16.8 Å². The second-order valence-electron chi connectivity index (χ2n) is 4.07. The number of carbonyl (C=O) groups is 1. The van der Waals surface area contributed by atoms with E-state index in [0.29, 0.717) is 6.54 Å². The highest BCUT2D eigenvalue weighted by molar-refractivity contribution is 5.81. The van der Waals surface area contributed by atoms with Gasteiger partial charge in [0.05, 0.1) is 13.1 Å². The van der Waals surface area contributed by atoms with E-state index in [1.54, 1.807) is 7.05 Å². The molecule has 0 heterocycles. The minimum atomic E-state index is -0.00870. The first-order chi connectivity index (χ1) is 8.06. The summed E-state index contributed by atoms with van der Waals surface area (Å²) < 4.78 is 0. The molecule has 0 atom stereocenters. The summed E-state index contributed by atoms with van der Waals surface area (Å²) in [7, 11) is 1.70. The quantitative estimate of drug-likeness (QED) is 0.800. The zero-order chi connectivity index (χ0) is 12.8. The molecule has 0 saturated heterocycles. The predicted molar refractivity (Wildman–Crippen MR) is 70.9 cm³/mol. The molecule has 0 saturated carbocycles. The lowest BCUT2D eigenvalue weighted by Gasteiger charge is -2.16. The molecule has 0 bridgehead atoms. The number of hydrogen-bond acceptors (Lipinski definition) is 2. The summed E-state index contributed by atoms with van der Waals surface area (Å²) in [5.74, 6) is 2.44. The Labute approximate surface area is 103 Å². The van der Waals surface area contributed by atoms with Crippen molar-refractivity contribution in [3.63, 3.8) is 0 Å². The maximum Gasteiger partial charge on any atom is 0.242 e. The molecular weight excluding hydrogens is 212 g/mol. The van der Waals surface area contributed by atoms with Crippen molar-refractivity contribution in [1.29, 1.82) is 0 Å². The Morgan fingerprint density at radius 3 is 2.53 bits per heavy atom. The van der Waals surface area contributed by atoms with Crippen LogP contribution in [0.15, 0.2) is 18.2 Å². The molecule has 3 heteroatoms. The van der Waals surface area contributed by atoms with Gasteiger partial charge >= 0.3 is 0 Å². The van der Waals surface area contributed by atoms with Crippen LogP contribution in [-0.4, -0.2) is 30.9 Å². The molecule has 0 fully saturated rings. The molecule has 1 aromatic carbocycles. The number of nitrogens with zero attached hydrogens (tertiary/aromatic N) is 1. The fraction of sp³-hybridized carbons (Fsp3) is 0.357. The van der Waals surface area contributed by atoms with Crippen LogP contribution in [0, 0.1) is 26.2 Å². The summed E-state index contributed by atoms with van der Waals surface area (Å²) in [6.07, 6.45) is 5.16. The summed E-state index contributed by atoms with van der Waals surface area (Å²) in [6.45, 7) is 4.65. The summed E-state index contributed by atoms with van der Waals surface area (Å²) >= 11 is 0. The number of amides is 1. The van der Waals surface area contributed by atoms with Crippen molar-refractivity contribution in [3.05, 3.63) is 29.3 Å². The Kier molecular flexibility index (Phi) is 4.59. The largest absolute Gasteiger partial charge is 0.376 e. The molecule has 0 aliphatic heterocycles. The number of hydrogen-bond donors (Lipinski definition) is 1. The molecule has 3 nitrogen and oxygen atoms in total. The second kappa shape index (κ2) is 5.95. The van der Waals surface area contributed by atoms with Crippen LogP contribution >= 0.6 is 0 Å². The summed E-state index contributed by atoms with van der Waals surface area (Å²) in [6, 6.07) is 6.04. The SMILES string of the molecule is C#CCN(C)C(=O)CNc1c(C)cccc1C. The number of benzene rings is 1. The highest BCUT2D eigenvalue weighted by Gasteiger charge is 2.08. The van der Waals surface area contributed by atoms with Crippen LogP contribution in [0.1, 0.15) is 11.1 Å². The molecule has 0 spiro atoms. The molecular formula is C14H18N2O. The first-order valence-electron chi connectivity index (χ1n) is 5.53. The summed E-state index contributed by atoms with van der Waals surface area (Å²) in [5, 5.41) is 3.16. The number of aryl methyl sites for hydroxylation is 2. The minimum absolute atomic E-state index is 0.00870. The Morgan fingerprint density at radius 1 is 1.41 bits per heavy atom. The second-order valence-corrected chi connectivity index (χ2v) is 4.07. The third-order valence-electron chi connectivity index (χ3n) is 2.65. The van der Waals surface area contributed by atoms with E-state index < -0.39 is 0 Å². The maximum absolute atomic E-state index is 11.7. The lowest BCUT2D eigenvalue weighted by molar-refractivity contribution is -0.127. The topological polar surface area (TPSA) is 32.3 Å². The number of para-hydroxylation sites is 1. The van der Waals surface area contributed by atoms with Crippen molar-refractivity contribution < 1.29 is 4.79 Å². The fourth-order valence-electron chi connectivity index (χ4n) is 1.62. The number of anilines is 1. The van der Waals surface area contributed by atoms with Crippen LogP contribution in [0.2, 0.25) is 0 Å². The van der Waals surface area contributed by atoms with E-state index in [-0.39, 0.29) is 12.5 Å². The molecule has 1 N–H and O–H groups in total. The molecule has 1 aromatic rings. The lowest BCUT2D eigenvalue weighted by Crippen LogP contribution is -2.32. The van der Waals surface area contributed by atoms with Gasteiger partial charge in [-0.1, -0.05) is 24.1 Å². The van der Waals surface area contributed by atoms with Crippen LogP contribution in [0.25, 0.3) is 0 Å². The number of terminal acetylenes is 1. The highest BCUT2D eigenvalue weighted by Crippen LogP contribution is 2.18. The Balaban J connectivity index is 2.62. The third kappa shape index (κ3) is 3.53. The number of carbonyl (C=O) groups excluding carboxylic acids is 1. The van der Waals surface area contributed by atoms with Crippen molar-refractivity contribution in [3.8, 4) is 12.3 Å². The van der Waals surface area contributed by atoms with Gasteiger partial charge in [0.1, 0.15) is 0 Å². The van der Waals surface area contributed by atoms with E-state index >= 15 is 0 Å². The minimum Gasteiger partial charge on any atom is -0.376 e. The van der Waals surface area contributed by atoms with Crippen molar-refractivity contribution in [2.45, 2.75) is 13.8 Å². The van der Waals surface area contributed by atoms with Gasteiger partial charge < -0.3 is 10.2 Å². The number of rotatable bonds is 4. The molecule has 1 rings (SSSR count). The Hall–Kier alpha value is -1.95. The van der Waals surface area contributed by atoms with Gasteiger partial charge in [0.25, 0.3) is 0 Å². The normalized spacial score (nSPS) is 9.53. The van der Waals surface area contributed by atoms with Gasteiger partial charge in [0.15, 0.2) is 0 Å². The smallest absolute Gasteiger partial charge is 0.242 e. The molecule has 0 aliphatic carbocycles. The number of nitrogens with one attached hydrogen (secondary N) is 1. The first-order valence-corrected chi connectivity index (χ1v) is 5.53. The summed E-state index contributed by atoms with van der Waals surface area (Å²) in [4.78, 5) is 13.2. The van der Waals surface area contributed by atoms with Crippen LogP contribution in [0.5, 0.6) is 0 Å². The van der Waals surface area contributed by atoms with E-state index in [1.807, 2.05) is 32.0 Å². The van der Waals surface area contributed by atoms with Gasteiger partial charge in [-0.3, -0.25) is 4.79 Å². The molecule has 17 heavy (non-hydrogen) atoms. The van der Waals surface area contributed by atoms with Crippen LogP contribution in [0.3, 0.4) is 0 Å². The van der Waals surface area contributed by atoms with Crippen molar-refractivity contribution in [2.75, 3.05) is 25.5 Å². The van der Waals surface area contributed by atoms with E-state index in [1.165, 1.54) is 4.90 Å². The molecule has 0 unspecified atom stereocenters. The first kappa shape index (κ1) is 13.1. The Bertz CT molecular complexity index is 426. The predicted octanol–water partition coefficient (Wildman–Crippen LogP) is 1.81.